The summed E-state index contributed by atoms with van der Waals surface area (Å²) >= 11 is 0. The number of hydrogen-bond donors (Lipinski definition) is 0. The fourth-order valence-corrected chi connectivity index (χ4v) is 11.4. The Morgan fingerprint density at radius 1 is 0.337 bits per heavy atom. The third-order valence-corrected chi connectivity index (χ3v) is 15.3. The number of rotatable bonds is 7. The van der Waals surface area contributed by atoms with Crippen molar-refractivity contribution in [2.75, 3.05) is 0 Å². The maximum atomic E-state index is 14.8. The number of halogens is 3. The van der Waals surface area contributed by atoms with E-state index in [1.165, 1.54) is 30.3 Å². The van der Waals surface area contributed by atoms with Gasteiger partial charge in [-0.1, -0.05) is 84.9 Å². The number of benzene rings is 10. The van der Waals surface area contributed by atoms with Crippen LogP contribution in [0.25, 0.3) is 120 Å². The maximum Gasteiger partial charge on any atom is 0.416 e. The van der Waals surface area contributed by atoms with Crippen molar-refractivity contribution in [3.63, 3.8) is 0 Å². The first kappa shape index (κ1) is 53.1. The van der Waals surface area contributed by atoms with Crippen LogP contribution < -0.4 is 0 Å². The second-order valence-corrected chi connectivity index (χ2v) is 19.8. The van der Waals surface area contributed by atoms with Crippen molar-refractivity contribution < 1.29 is 13.2 Å². The molecule has 2 heterocycles. The molecule has 0 atom stereocenters. The van der Waals surface area contributed by atoms with Crippen LogP contribution in [0.5, 0.6) is 0 Å². The number of nitrogens with zero attached hydrogens (tertiary/aromatic N) is 12. The van der Waals surface area contributed by atoms with Gasteiger partial charge in [-0.15, -0.1) is 0 Å². The lowest BCUT2D eigenvalue weighted by molar-refractivity contribution is -0.137. The first-order valence-electron chi connectivity index (χ1n) is 25.9. The van der Waals surface area contributed by atoms with Crippen LogP contribution in [0.1, 0.15) is 50.1 Å². The SMILES string of the molecule is [C-]#[N+]c1ccc(-c2ccc3c4ccc(-c5ccc(C#N)cc5[N+]#[C-])cc4n(-c4cc(C#N)cc(-n5c6cc(-c7ccc(C#N)cc7C#N)ccc6c6ccc(-c7ccc(C#N)cc7C#N)cc65)c4-c4ccc(C(F)(F)F)cc4C#N)c3c2)c(C#N)c1. The summed E-state index contributed by atoms with van der Waals surface area (Å²) in [4.78, 5) is 7.29. The molecular weight excluding hydrogens is 1080 g/mol. The van der Waals surface area contributed by atoms with Crippen molar-refractivity contribution >= 4 is 55.0 Å². The van der Waals surface area contributed by atoms with Crippen LogP contribution in [0.2, 0.25) is 0 Å². The molecule has 0 aliphatic carbocycles. The largest absolute Gasteiger partial charge is 0.416 e. The average molecular weight is 1110 g/mol. The summed E-state index contributed by atoms with van der Waals surface area (Å²) in [5, 5.41) is 85.8. The molecule has 394 valence electrons. The van der Waals surface area contributed by atoms with Gasteiger partial charge >= 0.3 is 6.18 Å². The van der Waals surface area contributed by atoms with Crippen molar-refractivity contribution in [1.82, 2.24) is 9.13 Å². The Balaban J connectivity index is 1.29. The van der Waals surface area contributed by atoms with Gasteiger partial charge in [0.25, 0.3) is 0 Å². The summed E-state index contributed by atoms with van der Waals surface area (Å²) in [6, 6.07) is 64.0. The average Bonchev–Trinajstić information content (AvgIpc) is 1.63. The Bertz CT molecular complexity index is 4930. The van der Waals surface area contributed by atoms with Crippen molar-refractivity contribution in [2.24, 2.45) is 0 Å². The molecule has 10 aromatic carbocycles. The predicted octanol–water partition coefficient (Wildman–Crippen LogP) is 17.3. The molecule has 0 saturated carbocycles. The molecule has 12 aromatic rings. The van der Waals surface area contributed by atoms with Gasteiger partial charge in [0.05, 0.1) is 134 Å². The minimum atomic E-state index is -4.88. The first-order chi connectivity index (χ1) is 41.8. The highest BCUT2D eigenvalue weighted by Crippen LogP contribution is 2.48. The van der Waals surface area contributed by atoms with E-state index >= 15 is 0 Å². The Labute approximate surface area is 487 Å². The minimum absolute atomic E-state index is 0.0150. The standard InChI is InChI=1S/C71H29F3N12/c1-83-53-11-20-56(51(27-53)39-82)46-8-17-61-62-18-9-47(57-14-5-42(34-77)23-63(57)84-2)31-67(62)86(66(61)30-46)69-25-43(35-78)24-68(70(69)58-19-10-52(71(72,73)74)26-50(58)38-81)85-64-28-44(54-12-3-40(32-75)21-48(54)36-79)6-15-59(64)60-16-7-45(29-65(60)85)55-13-4-41(33-76)22-49(55)37-80/h3-31H. The topological polar surface area (TPSA) is 209 Å². The van der Waals surface area contributed by atoms with Crippen LogP contribution in [-0.4, -0.2) is 9.13 Å². The number of aromatic nitrogens is 2. The Morgan fingerprint density at radius 2 is 0.709 bits per heavy atom. The van der Waals surface area contributed by atoms with Gasteiger partial charge in [-0.25, -0.2) is 9.69 Å². The molecular formula is C71H29F3N12. The first-order valence-corrected chi connectivity index (χ1v) is 25.9. The van der Waals surface area contributed by atoms with Crippen molar-refractivity contribution in [3.05, 3.63) is 249 Å². The van der Waals surface area contributed by atoms with Crippen molar-refractivity contribution in [2.45, 2.75) is 6.18 Å². The Kier molecular flexibility index (Phi) is 12.9. The Morgan fingerprint density at radius 3 is 1.10 bits per heavy atom. The molecule has 0 unspecified atom stereocenters. The van der Waals surface area contributed by atoms with Crippen molar-refractivity contribution in [3.8, 4) is 116 Å². The molecule has 12 rings (SSSR count). The molecule has 0 radical (unpaired) electrons. The second-order valence-electron chi connectivity index (χ2n) is 19.8. The van der Waals surface area contributed by atoms with E-state index in [9.17, 15) is 55.3 Å². The van der Waals surface area contributed by atoms with Gasteiger partial charge in [-0.05, 0) is 136 Å². The summed E-state index contributed by atoms with van der Waals surface area (Å²) in [7, 11) is 0. The lowest BCUT2D eigenvalue weighted by Crippen LogP contribution is -2.08. The van der Waals surface area contributed by atoms with Gasteiger partial charge in [0.1, 0.15) is 0 Å². The molecule has 0 spiro atoms. The fourth-order valence-electron chi connectivity index (χ4n) is 11.4. The zero-order chi connectivity index (χ0) is 60.1. The number of hydrogen-bond acceptors (Lipinski definition) is 8. The van der Waals surface area contributed by atoms with Gasteiger partial charge in [0.15, 0.2) is 11.4 Å². The molecule has 12 nitrogen and oxygen atoms in total. The van der Waals surface area contributed by atoms with Gasteiger partial charge < -0.3 is 9.13 Å². The molecule has 0 saturated heterocycles. The summed E-state index contributed by atoms with van der Waals surface area (Å²) in [5.74, 6) is 0. The minimum Gasteiger partial charge on any atom is -0.308 e. The molecule has 0 fully saturated rings. The maximum absolute atomic E-state index is 14.8. The van der Waals surface area contributed by atoms with Gasteiger partial charge in [-0.3, -0.25) is 0 Å². The molecule has 2 aromatic heterocycles. The van der Waals surface area contributed by atoms with E-state index in [0.29, 0.717) is 88.1 Å². The quantitative estimate of drug-likeness (QED) is 0.140. The van der Waals surface area contributed by atoms with Crippen LogP contribution in [0.15, 0.2) is 176 Å². The van der Waals surface area contributed by atoms with Gasteiger partial charge in [0, 0.05) is 43.8 Å². The van der Waals surface area contributed by atoms with Crippen LogP contribution in [0.4, 0.5) is 24.5 Å². The highest BCUT2D eigenvalue weighted by Gasteiger charge is 2.33. The summed E-state index contributed by atoms with van der Waals surface area (Å²) in [5.41, 5.74) is 6.70. The highest BCUT2D eigenvalue weighted by atomic mass is 19.4. The molecule has 0 aliphatic rings. The highest BCUT2D eigenvalue weighted by molar-refractivity contribution is 6.14. The molecule has 86 heavy (non-hydrogen) atoms. The molecule has 0 N–H and O–H groups in total. The summed E-state index contributed by atoms with van der Waals surface area (Å²) < 4.78 is 48.2. The third kappa shape index (κ3) is 8.73. The fraction of sp³-hybridized carbons (Fsp3) is 0.0141. The lowest BCUT2D eigenvalue weighted by atomic mass is 9.93. The predicted molar refractivity (Wildman–Crippen MR) is 318 cm³/mol. The van der Waals surface area contributed by atoms with Crippen molar-refractivity contribution in [1.29, 1.82) is 42.1 Å². The second kappa shape index (κ2) is 20.9. The van der Waals surface area contributed by atoms with E-state index in [0.717, 1.165) is 12.1 Å². The number of fused-ring (bicyclic) bond motifs is 6. The Hall–Kier alpha value is -13.5. The summed E-state index contributed by atoms with van der Waals surface area (Å²) in [6.07, 6.45) is -4.88. The number of nitriles is 8. The van der Waals surface area contributed by atoms with E-state index in [1.54, 1.807) is 60.7 Å². The van der Waals surface area contributed by atoms with Crippen LogP contribution in [0, 0.1) is 104 Å². The van der Waals surface area contributed by atoms with Gasteiger partial charge in [0.2, 0.25) is 0 Å². The third-order valence-electron chi connectivity index (χ3n) is 15.3. The zero-order valence-electron chi connectivity index (χ0n) is 44.2. The van der Waals surface area contributed by atoms with E-state index in [2.05, 4.69) is 52.2 Å². The van der Waals surface area contributed by atoms with E-state index in [4.69, 9.17) is 13.1 Å². The molecule has 15 heteroatoms. The van der Waals surface area contributed by atoms with Crippen LogP contribution in [-0.2, 0) is 6.18 Å². The zero-order valence-corrected chi connectivity index (χ0v) is 44.2. The van der Waals surface area contributed by atoms with Gasteiger partial charge in [-0.2, -0.15) is 55.3 Å². The molecule has 0 aliphatic heterocycles. The van der Waals surface area contributed by atoms with Crippen LogP contribution >= 0.6 is 0 Å². The molecule has 0 bridgehead atoms. The van der Waals surface area contributed by atoms with E-state index in [-0.39, 0.29) is 78.4 Å². The summed E-state index contributed by atoms with van der Waals surface area (Å²) in [6.45, 7) is 15.8. The molecule has 0 amide bonds. The smallest absolute Gasteiger partial charge is 0.308 e. The monoisotopic (exact) mass is 1110 g/mol. The lowest BCUT2D eigenvalue weighted by Gasteiger charge is -2.22. The van der Waals surface area contributed by atoms with E-state index in [1.807, 2.05) is 88.0 Å². The van der Waals surface area contributed by atoms with E-state index < -0.39 is 11.7 Å². The van der Waals surface area contributed by atoms with Crippen LogP contribution in [0.3, 0.4) is 0 Å². The normalized spacial score (nSPS) is 10.8. The number of alkyl halides is 3.